The highest BCUT2D eigenvalue weighted by molar-refractivity contribution is 9.10. The third kappa shape index (κ3) is 2.72. The van der Waals surface area contributed by atoms with Crippen LogP contribution >= 0.6 is 15.9 Å². The van der Waals surface area contributed by atoms with E-state index in [1.54, 1.807) is 6.07 Å². The molecule has 0 amide bonds. The van der Waals surface area contributed by atoms with Gasteiger partial charge in [-0.15, -0.1) is 0 Å². The topological polar surface area (TPSA) is 35.2 Å². The van der Waals surface area contributed by atoms with Gasteiger partial charge in [-0.05, 0) is 48.2 Å². The standard InChI is InChI=1S/C16H15BrFNO/c17-15-8-12(18)3-1-11(15)9-20-13-4-5-14-10(7-13)2-6-16(14)19/h1,3-5,7-8,16H,2,6,9,19H2. The summed E-state index contributed by atoms with van der Waals surface area (Å²) in [6, 6.07) is 10.8. The summed E-state index contributed by atoms with van der Waals surface area (Å²) in [5.74, 6) is 0.571. The Kier molecular flexibility index (Phi) is 3.76. The van der Waals surface area contributed by atoms with Crippen LogP contribution in [0.3, 0.4) is 0 Å². The van der Waals surface area contributed by atoms with Crippen LogP contribution < -0.4 is 10.5 Å². The maximum Gasteiger partial charge on any atom is 0.124 e. The van der Waals surface area contributed by atoms with Crippen molar-refractivity contribution in [1.29, 1.82) is 0 Å². The summed E-state index contributed by atoms with van der Waals surface area (Å²) in [6.45, 7) is 0.408. The Bertz CT molecular complexity index is 644. The van der Waals surface area contributed by atoms with E-state index >= 15 is 0 Å². The zero-order valence-electron chi connectivity index (χ0n) is 10.9. The Balaban J connectivity index is 1.73. The number of halogens is 2. The SMILES string of the molecule is NC1CCc2cc(OCc3ccc(F)cc3Br)ccc21. The van der Waals surface area contributed by atoms with E-state index < -0.39 is 0 Å². The Hall–Kier alpha value is -1.39. The third-order valence-electron chi connectivity index (χ3n) is 3.65. The van der Waals surface area contributed by atoms with Gasteiger partial charge in [-0.2, -0.15) is 0 Å². The van der Waals surface area contributed by atoms with Crippen molar-refractivity contribution in [2.45, 2.75) is 25.5 Å². The molecule has 1 aliphatic rings. The average Bonchev–Trinajstić information content (AvgIpc) is 2.79. The fourth-order valence-corrected chi connectivity index (χ4v) is 2.98. The lowest BCUT2D eigenvalue weighted by Crippen LogP contribution is -2.05. The second-order valence-electron chi connectivity index (χ2n) is 5.03. The monoisotopic (exact) mass is 335 g/mol. The number of hydrogen-bond acceptors (Lipinski definition) is 2. The molecule has 20 heavy (non-hydrogen) atoms. The molecule has 2 aromatic rings. The van der Waals surface area contributed by atoms with E-state index in [-0.39, 0.29) is 11.9 Å². The summed E-state index contributed by atoms with van der Waals surface area (Å²) in [4.78, 5) is 0. The van der Waals surface area contributed by atoms with Crippen LogP contribution in [0.1, 0.15) is 29.2 Å². The first kappa shape index (κ1) is 13.6. The van der Waals surface area contributed by atoms with Crippen molar-refractivity contribution in [2.75, 3.05) is 0 Å². The summed E-state index contributed by atoms with van der Waals surface area (Å²) < 4.78 is 19.5. The predicted molar refractivity (Wildman–Crippen MR) is 80.1 cm³/mol. The van der Waals surface area contributed by atoms with E-state index in [9.17, 15) is 4.39 Å². The highest BCUT2D eigenvalue weighted by atomic mass is 79.9. The molecule has 1 unspecified atom stereocenters. The normalized spacial score (nSPS) is 17.1. The minimum absolute atomic E-state index is 0.158. The zero-order valence-corrected chi connectivity index (χ0v) is 12.5. The van der Waals surface area contributed by atoms with Crippen molar-refractivity contribution in [3.05, 3.63) is 63.4 Å². The lowest BCUT2D eigenvalue weighted by Gasteiger charge is -2.10. The van der Waals surface area contributed by atoms with Gasteiger partial charge in [0.1, 0.15) is 18.2 Å². The van der Waals surface area contributed by atoms with Crippen LogP contribution in [0.4, 0.5) is 4.39 Å². The molecule has 0 aromatic heterocycles. The fraction of sp³-hybridized carbons (Fsp3) is 0.250. The Labute approximate surface area is 125 Å². The van der Waals surface area contributed by atoms with E-state index in [1.165, 1.54) is 23.3 Å². The largest absolute Gasteiger partial charge is 0.489 e. The molecule has 2 N–H and O–H groups in total. The summed E-state index contributed by atoms with van der Waals surface area (Å²) in [5, 5.41) is 0. The fourth-order valence-electron chi connectivity index (χ4n) is 2.52. The van der Waals surface area contributed by atoms with Crippen LogP contribution in [0, 0.1) is 5.82 Å². The lowest BCUT2D eigenvalue weighted by atomic mass is 10.1. The van der Waals surface area contributed by atoms with Crippen molar-refractivity contribution in [3.63, 3.8) is 0 Å². The molecule has 0 saturated heterocycles. The number of fused-ring (bicyclic) bond motifs is 1. The van der Waals surface area contributed by atoms with Gasteiger partial charge < -0.3 is 10.5 Å². The molecule has 0 radical (unpaired) electrons. The predicted octanol–water partition coefficient (Wildman–Crippen LogP) is 4.11. The number of benzene rings is 2. The van der Waals surface area contributed by atoms with Crippen molar-refractivity contribution in [2.24, 2.45) is 5.73 Å². The average molecular weight is 336 g/mol. The first-order chi connectivity index (χ1) is 9.63. The molecule has 4 heteroatoms. The second-order valence-corrected chi connectivity index (χ2v) is 5.88. The molecule has 1 aliphatic carbocycles. The third-order valence-corrected chi connectivity index (χ3v) is 4.39. The molecule has 104 valence electrons. The van der Waals surface area contributed by atoms with E-state index in [0.717, 1.165) is 28.6 Å². The van der Waals surface area contributed by atoms with E-state index in [2.05, 4.69) is 22.0 Å². The minimum atomic E-state index is -0.257. The number of rotatable bonds is 3. The zero-order chi connectivity index (χ0) is 14.1. The van der Waals surface area contributed by atoms with Gasteiger partial charge in [0, 0.05) is 16.1 Å². The van der Waals surface area contributed by atoms with Crippen LogP contribution in [-0.4, -0.2) is 0 Å². The van der Waals surface area contributed by atoms with Crippen LogP contribution in [0.2, 0.25) is 0 Å². The van der Waals surface area contributed by atoms with Crippen LogP contribution in [0.15, 0.2) is 40.9 Å². The van der Waals surface area contributed by atoms with Gasteiger partial charge in [-0.1, -0.05) is 28.1 Å². The van der Waals surface area contributed by atoms with Crippen LogP contribution in [0.5, 0.6) is 5.75 Å². The van der Waals surface area contributed by atoms with Gasteiger partial charge in [-0.25, -0.2) is 4.39 Å². The van der Waals surface area contributed by atoms with Gasteiger partial charge in [0.05, 0.1) is 0 Å². The van der Waals surface area contributed by atoms with Crippen LogP contribution in [-0.2, 0) is 13.0 Å². The molecular formula is C16H15BrFNO. The smallest absolute Gasteiger partial charge is 0.124 e. The molecule has 2 nitrogen and oxygen atoms in total. The van der Waals surface area contributed by atoms with Gasteiger partial charge in [0.2, 0.25) is 0 Å². The molecule has 0 saturated carbocycles. The van der Waals surface area contributed by atoms with Crippen molar-refractivity contribution in [3.8, 4) is 5.75 Å². The van der Waals surface area contributed by atoms with Gasteiger partial charge in [-0.3, -0.25) is 0 Å². The molecule has 0 bridgehead atoms. The Morgan fingerprint density at radius 3 is 2.90 bits per heavy atom. The molecule has 3 rings (SSSR count). The summed E-state index contributed by atoms with van der Waals surface area (Å²) in [7, 11) is 0. The van der Waals surface area contributed by atoms with E-state index in [0.29, 0.717) is 6.61 Å². The molecule has 0 aliphatic heterocycles. The number of ether oxygens (including phenoxy) is 1. The van der Waals surface area contributed by atoms with Crippen molar-refractivity contribution < 1.29 is 9.13 Å². The van der Waals surface area contributed by atoms with Gasteiger partial charge >= 0.3 is 0 Å². The first-order valence-electron chi connectivity index (χ1n) is 6.58. The minimum Gasteiger partial charge on any atom is -0.489 e. The number of hydrogen-bond donors (Lipinski definition) is 1. The van der Waals surface area contributed by atoms with Crippen molar-refractivity contribution >= 4 is 15.9 Å². The van der Waals surface area contributed by atoms with Crippen LogP contribution in [0.25, 0.3) is 0 Å². The van der Waals surface area contributed by atoms with Gasteiger partial charge in [0.15, 0.2) is 0 Å². The molecule has 0 spiro atoms. The highest BCUT2D eigenvalue weighted by Gasteiger charge is 2.19. The maximum absolute atomic E-state index is 13.0. The number of nitrogens with two attached hydrogens (primary N) is 1. The lowest BCUT2D eigenvalue weighted by molar-refractivity contribution is 0.305. The summed E-state index contributed by atoms with van der Waals surface area (Å²) >= 11 is 3.34. The number of aryl methyl sites for hydroxylation is 1. The van der Waals surface area contributed by atoms with E-state index in [1.807, 2.05) is 12.1 Å². The molecule has 0 heterocycles. The summed E-state index contributed by atoms with van der Waals surface area (Å²) in [5.41, 5.74) is 9.43. The van der Waals surface area contributed by atoms with Crippen molar-refractivity contribution in [1.82, 2.24) is 0 Å². The van der Waals surface area contributed by atoms with Gasteiger partial charge in [0.25, 0.3) is 0 Å². The Morgan fingerprint density at radius 2 is 2.10 bits per heavy atom. The first-order valence-corrected chi connectivity index (χ1v) is 7.38. The second kappa shape index (κ2) is 5.54. The quantitative estimate of drug-likeness (QED) is 0.915. The maximum atomic E-state index is 13.0. The molecule has 1 atom stereocenters. The molecular weight excluding hydrogens is 321 g/mol. The highest BCUT2D eigenvalue weighted by Crippen LogP contribution is 2.32. The Morgan fingerprint density at radius 1 is 1.25 bits per heavy atom. The molecule has 2 aromatic carbocycles. The van der Waals surface area contributed by atoms with E-state index in [4.69, 9.17) is 10.5 Å². The molecule has 0 fully saturated rings. The summed E-state index contributed by atoms with van der Waals surface area (Å²) in [6.07, 6.45) is 2.01.